The number of hydrogen-bond donors (Lipinski definition) is 2. The third-order valence-electron chi connectivity index (χ3n) is 4.05. The van der Waals surface area contributed by atoms with Crippen LogP contribution in [-0.2, 0) is 11.2 Å². The first-order chi connectivity index (χ1) is 9.65. The summed E-state index contributed by atoms with van der Waals surface area (Å²) in [5.41, 5.74) is 2.39. The number of carbonyl (C=O) groups is 2. The van der Waals surface area contributed by atoms with E-state index in [1.54, 1.807) is 6.07 Å². The molecule has 2 N–H and O–H groups in total. The standard InChI is InChI=1S/C15H18N2O2S/c1-20-12-4-3-11(8-12)16-15(19)9-2-5-13-10(6-9)7-14(18)17-13/h2,5-6,11-12H,3-4,7-8H2,1H3,(H,16,19)(H,17,18). The lowest BCUT2D eigenvalue weighted by molar-refractivity contribution is -0.115. The molecule has 3 rings (SSSR count). The molecule has 1 aromatic carbocycles. The molecule has 0 radical (unpaired) electrons. The maximum Gasteiger partial charge on any atom is 0.251 e. The molecule has 0 bridgehead atoms. The number of anilines is 1. The van der Waals surface area contributed by atoms with E-state index in [2.05, 4.69) is 16.9 Å². The molecule has 4 nitrogen and oxygen atoms in total. The molecule has 1 aliphatic heterocycles. The lowest BCUT2D eigenvalue weighted by Crippen LogP contribution is -2.33. The summed E-state index contributed by atoms with van der Waals surface area (Å²) in [7, 11) is 0. The average molecular weight is 290 g/mol. The number of nitrogens with one attached hydrogen (secondary N) is 2. The van der Waals surface area contributed by atoms with E-state index in [9.17, 15) is 9.59 Å². The van der Waals surface area contributed by atoms with Gasteiger partial charge in [-0.25, -0.2) is 0 Å². The summed E-state index contributed by atoms with van der Waals surface area (Å²) in [6.07, 6.45) is 5.78. The molecule has 1 heterocycles. The Balaban J connectivity index is 1.66. The quantitative estimate of drug-likeness (QED) is 0.897. The van der Waals surface area contributed by atoms with Crippen LogP contribution in [0.25, 0.3) is 0 Å². The lowest BCUT2D eigenvalue weighted by Gasteiger charge is -2.13. The fourth-order valence-electron chi connectivity index (χ4n) is 2.92. The lowest BCUT2D eigenvalue weighted by atomic mass is 10.1. The minimum absolute atomic E-state index is 0.00355. The van der Waals surface area contributed by atoms with E-state index in [4.69, 9.17) is 0 Å². The van der Waals surface area contributed by atoms with E-state index in [0.717, 1.165) is 24.1 Å². The Bertz CT molecular complexity index is 559. The number of fused-ring (bicyclic) bond motifs is 1. The van der Waals surface area contributed by atoms with Crippen LogP contribution >= 0.6 is 11.8 Å². The molecule has 2 unspecified atom stereocenters. The highest BCUT2D eigenvalue weighted by atomic mass is 32.2. The summed E-state index contributed by atoms with van der Waals surface area (Å²) in [6.45, 7) is 0. The van der Waals surface area contributed by atoms with Gasteiger partial charge in [0.2, 0.25) is 5.91 Å². The predicted octanol–water partition coefficient (Wildman–Crippen LogP) is 2.20. The molecular weight excluding hydrogens is 272 g/mol. The Hall–Kier alpha value is -1.49. The first kappa shape index (κ1) is 13.5. The molecule has 1 aliphatic carbocycles. The van der Waals surface area contributed by atoms with E-state index >= 15 is 0 Å². The molecule has 2 aliphatic rings. The van der Waals surface area contributed by atoms with Gasteiger partial charge in [-0.05, 0) is 49.3 Å². The molecule has 0 spiro atoms. The highest BCUT2D eigenvalue weighted by Crippen LogP contribution is 2.29. The Morgan fingerprint density at radius 2 is 2.25 bits per heavy atom. The molecular formula is C15H18N2O2S. The van der Waals surface area contributed by atoms with Crippen molar-refractivity contribution in [2.75, 3.05) is 11.6 Å². The van der Waals surface area contributed by atoms with Crippen LogP contribution < -0.4 is 10.6 Å². The first-order valence-corrected chi connectivity index (χ1v) is 8.21. The van der Waals surface area contributed by atoms with Gasteiger partial charge in [-0.3, -0.25) is 9.59 Å². The Labute approximate surface area is 122 Å². The third kappa shape index (κ3) is 2.68. The SMILES string of the molecule is CSC1CCC(NC(=O)c2ccc3c(c2)CC(=O)N3)C1. The van der Waals surface area contributed by atoms with Crippen molar-refractivity contribution in [2.45, 2.75) is 37.0 Å². The Kier molecular flexibility index (Phi) is 3.70. The molecule has 20 heavy (non-hydrogen) atoms. The highest BCUT2D eigenvalue weighted by molar-refractivity contribution is 7.99. The molecule has 106 valence electrons. The predicted molar refractivity (Wildman–Crippen MR) is 81.2 cm³/mol. The second kappa shape index (κ2) is 5.48. The summed E-state index contributed by atoms with van der Waals surface area (Å²) >= 11 is 1.88. The first-order valence-electron chi connectivity index (χ1n) is 6.92. The molecule has 1 saturated carbocycles. The van der Waals surface area contributed by atoms with Crippen molar-refractivity contribution in [3.8, 4) is 0 Å². The van der Waals surface area contributed by atoms with Gasteiger partial charge in [0.15, 0.2) is 0 Å². The maximum atomic E-state index is 12.3. The monoisotopic (exact) mass is 290 g/mol. The number of carbonyl (C=O) groups excluding carboxylic acids is 2. The number of benzene rings is 1. The van der Waals surface area contributed by atoms with Gasteiger partial charge in [0.05, 0.1) is 6.42 Å². The van der Waals surface area contributed by atoms with E-state index in [-0.39, 0.29) is 17.9 Å². The molecule has 1 fully saturated rings. The second-order valence-corrected chi connectivity index (χ2v) is 6.58. The number of rotatable bonds is 3. The zero-order valence-corrected chi connectivity index (χ0v) is 12.3. The summed E-state index contributed by atoms with van der Waals surface area (Å²) in [5, 5.41) is 6.55. The van der Waals surface area contributed by atoms with Gasteiger partial charge in [0.1, 0.15) is 0 Å². The Morgan fingerprint density at radius 1 is 1.40 bits per heavy atom. The van der Waals surface area contributed by atoms with Gasteiger partial charge in [0, 0.05) is 22.5 Å². The largest absolute Gasteiger partial charge is 0.349 e. The van der Waals surface area contributed by atoms with Gasteiger partial charge in [-0.2, -0.15) is 11.8 Å². The van der Waals surface area contributed by atoms with E-state index in [1.165, 1.54) is 6.42 Å². The van der Waals surface area contributed by atoms with Crippen LogP contribution in [0.2, 0.25) is 0 Å². The van der Waals surface area contributed by atoms with Crippen molar-refractivity contribution in [1.82, 2.24) is 5.32 Å². The summed E-state index contributed by atoms with van der Waals surface area (Å²) in [6, 6.07) is 5.70. The molecule has 0 aromatic heterocycles. The van der Waals surface area contributed by atoms with Crippen LogP contribution in [0.5, 0.6) is 0 Å². The summed E-state index contributed by atoms with van der Waals surface area (Å²) in [4.78, 5) is 23.6. The second-order valence-electron chi connectivity index (χ2n) is 5.44. The minimum atomic E-state index is -0.0288. The normalized spacial score (nSPS) is 24.4. The fraction of sp³-hybridized carbons (Fsp3) is 0.467. The number of thioether (sulfide) groups is 1. The van der Waals surface area contributed by atoms with Gasteiger partial charge in [-0.1, -0.05) is 0 Å². The van der Waals surface area contributed by atoms with Gasteiger partial charge in [-0.15, -0.1) is 0 Å². The van der Waals surface area contributed by atoms with Crippen molar-refractivity contribution in [2.24, 2.45) is 0 Å². The van der Waals surface area contributed by atoms with Crippen LogP contribution in [-0.4, -0.2) is 29.4 Å². The molecule has 2 amide bonds. The molecule has 1 aromatic rings. The van der Waals surface area contributed by atoms with Crippen molar-refractivity contribution in [1.29, 1.82) is 0 Å². The summed E-state index contributed by atoms with van der Waals surface area (Å²) < 4.78 is 0. The van der Waals surface area contributed by atoms with Crippen molar-refractivity contribution >= 4 is 29.3 Å². The van der Waals surface area contributed by atoms with Crippen LogP contribution in [0.3, 0.4) is 0 Å². The van der Waals surface area contributed by atoms with Crippen LogP contribution in [0.15, 0.2) is 18.2 Å². The molecule has 2 atom stereocenters. The van der Waals surface area contributed by atoms with E-state index < -0.39 is 0 Å². The van der Waals surface area contributed by atoms with Crippen LogP contribution in [0, 0.1) is 0 Å². The Morgan fingerprint density at radius 3 is 3.00 bits per heavy atom. The van der Waals surface area contributed by atoms with E-state index in [1.807, 2.05) is 23.9 Å². The van der Waals surface area contributed by atoms with Crippen molar-refractivity contribution < 1.29 is 9.59 Å². The smallest absolute Gasteiger partial charge is 0.251 e. The van der Waals surface area contributed by atoms with E-state index in [0.29, 0.717) is 17.2 Å². The molecule has 0 saturated heterocycles. The minimum Gasteiger partial charge on any atom is -0.349 e. The average Bonchev–Trinajstić information content (AvgIpc) is 3.02. The maximum absolute atomic E-state index is 12.3. The number of hydrogen-bond acceptors (Lipinski definition) is 3. The summed E-state index contributed by atoms with van der Waals surface area (Å²) in [5.74, 6) is -0.0323. The van der Waals surface area contributed by atoms with Crippen LogP contribution in [0.4, 0.5) is 5.69 Å². The topological polar surface area (TPSA) is 58.2 Å². The van der Waals surface area contributed by atoms with Gasteiger partial charge in [0.25, 0.3) is 5.91 Å². The van der Waals surface area contributed by atoms with Gasteiger partial charge < -0.3 is 10.6 Å². The van der Waals surface area contributed by atoms with Crippen molar-refractivity contribution in [3.63, 3.8) is 0 Å². The van der Waals surface area contributed by atoms with Crippen LogP contribution in [0.1, 0.15) is 35.2 Å². The van der Waals surface area contributed by atoms with Gasteiger partial charge >= 0.3 is 0 Å². The fourth-order valence-corrected chi connectivity index (χ4v) is 3.72. The van der Waals surface area contributed by atoms with Crippen molar-refractivity contribution in [3.05, 3.63) is 29.3 Å². The third-order valence-corrected chi connectivity index (χ3v) is 5.14. The number of amides is 2. The molecule has 5 heteroatoms. The zero-order chi connectivity index (χ0) is 14.1. The zero-order valence-electron chi connectivity index (χ0n) is 11.4. The highest BCUT2D eigenvalue weighted by Gasteiger charge is 2.26.